The Morgan fingerprint density at radius 1 is 0.259 bits per heavy atom. The number of hydrogen-bond acceptors (Lipinski definition) is 1. The highest BCUT2D eigenvalue weighted by Crippen LogP contribution is 2.52. The third-order valence-corrected chi connectivity index (χ3v) is 12.1. The summed E-state index contributed by atoms with van der Waals surface area (Å²) in [6.07, 6.45) is 0.790. The number of para-hydroxylation sites is 1. The molecule has 0 radical (unpaired) electrons. The molecule has 0 fully saturated rings. The lowest BCUT2D eigenvalue weighted by Gasteiger charge is -2.40. The highest BCUT2D eigenvalue weighted by Gasteiger charge is 2.41. The minimum Gasteiger partial charge on any atom is -0.310 e. The van der Waals surface area contributed by atoms with Crippen molar-refractivity contribution in [3.63, 3.8) is 0 Å². The largest absolute Gasteiger partial charge is 0.310 e. The number of anilines is 3. The molecule has 1 heteroatoms. The third-order valence-electron chi connectivity index (χ3n) is 12.1. The zero-order valence-electron chi connectivity index (χ0n) is 32.3. The van der Waals surface area contributed by atoms with E-state index in [1.807, 2.05) is 0 Å². The van der Waals surface area contributed by atoms with Gasteiger partial charge in [-0.05, 0) is 79.9 Å². The predicted octanol–water partition coefficient (Wildman–Crippen LogP) is 13.8. The maximum Gasteiger partial charge on any atom is 0.0701 e. The van der Waals surface area contributed by atoms with Crippen LogP contribution in [-0.2, 0) is 17.3 Å². The zero-order chi connectivity index (χ0) is 38.8. The first-order chi connectivity index (χ1) is 28.8. The maximum absolute atomic E-state index is 2.49. The number of benzene rings is 9. The van der Waals surface area contributed by atoms with E-state index in [2.05, 4.69) is 254 Å². The molecule has 58 heavy (non-hydrogen) atoms. The van der Waals surface area contributed by atoms with Crippen LogP contribution in [0.25, 0.3) is 0 Å². The van der Waals surface area contributed by atoms with Gasteiger partial charge in [-0.25, -0.2) is 0 Å². The van der Waals surface area contributed by atoms with Gasteiger partial charge in [-0.1, -0.05) is 224 Å². The van der Waals surface area contributed by atoms with E-state index in [9.17, 15) is 0 Å². The standard InChI is InChI=1S/C57H43N/c1-8-22-45(23-9-1)56(46-24-10-2-11-25-46,47-26-12-3-13-27-47)51-36-38-54-43(41-51)40-44-42-52(37-39-55(44)58(54)53-34-20-7-21-35-53)57(48-28-14-4-15-29-48,49-30-16-5-17-31-49)50-32-18-6-19-33-50/h1-39,41-42H,40H2. The summed E-state index contributed by atoms with van der Waals surface area (Å²) < 4.78 is 0. The van der Waals surface area contributed by atoms with Crippen LogP contribution in [0.3, 0.4) is 0 Å². The number of rotatable bonds is 9. The van der Waals surface area contributed by atoms with Crippen LogP contribution >= 0.6 is 0 Å². The molecular formula is C57H43N. The average molecular weight is 742 g/mol. The Morgan fingerprint density at radius 3 is 0.793 bits per heavy atom. The second kappa shape index (κ2) is 15.0. The first-order valence-corrected chi connectivity index (χ1v) is 20.2. The van der Waals surface area contributed by atoms with Crippen LogP contribution in [0.15, 0.2) is 249 Å². The molecule has 0 amide bonds. The van der Waals surface area contributed by atoms with E-state index in [4.69, 9.17) is 0 Å². The molecule has 0 aliphatic carbocycles. The van der Waals surface area contributed by atoms with Crippen LogP contribution < -0.4 is 4.90 Å². The Kier molecular flexibility index (Phi) is 9.12. The van der Waals surface area contributed by atoms with Crippen LogP contribution in [0.2, 0.25) is 0 Å². The van der Waals surface area contributed by atoms with Crippen molar-refractivity contribution >= 4 is 17.1 Å². The Bertz CT molecular complexity index is 2400. The van der Waals surface area contributed by atoms with E-state index in [-0.39, 0.29) is 0 Å². The summed E-state index contributed by atoms with van der Waals surface area (Å²) in [7, 11) is 0. The molecule has 0 saturated carbocycles. The van der Waals surface area contributed by atoms with Crippen LogP contribution in [0.5, 0.6) is 0 Å². The van der Waals surface area contributed by atoms with E-state index >= 15 is 0 Å². The number of nitrogens with zero attached hydrogens (tertiary/aromatic N) is 1. The summed E-state index contributed by atoms with van der Waals surface area (Å²) in [4.78, 5) is 2.46. The van der Waals surface area contributed by atoms with E-state index in [0.717, 1.165) is 12.1 Å². The first-order valence-electron chi connectivity index (χ1n) is 20.2. The van der Waals surface area contributed by atoms with Gasteiger partial charge in [0.15, 0.2) is 0 Å². The second-order valence-electron chi connectivity index (χ2n) is 15.2. The summed E-state index contributed by atoms with van der Waals surface area (Å²) in [6.45, 7) is 0. The monoisotopic (exact) mass is 741 g/mol. The molecule has 1 nitrogen and oxygen atoms in total. The molecule has 0 unspecified atom stereocenters. The molecule has 276 valence electrons. The van der Waals surface area contributed by atoms with Gasteiger partial charge in [-0.3, -0.25) is 0 Å². The van der Waals surface area contributed by atoms with Crippen LogP contribution in [0, 0.1) is 0 Å². The molecule has 0 aromatic heterocycles. The van der Waals surface area contributed by atoms with Gasteiger partial charge in [0.2, 0.25) is 0 Å². The SMILES string of the molecule is c1ccc(N2c3ccc(C(c4ccccc4)(c4ccccc4)c4ccccc4)cc3Cc3cc(C(c4ccccc4)(c4ccccc4)c4ccccc4)ccc32)cc1. The molecule has 9 aromatic carbocycles. The zero-order valence-corrected chi connectivity index (χ0v) is 32.3. The normalized spacial score (nSPS) is 12.4. The van der Waals surface area contributed by atoms with Crippen LogP contribution in [-0.4, -0.2) is 0 Å². The van der Waals surface area contributed by atoms with E-state index in [1.54, 1.807) is 0 Å². The van der Waals surface area contributed by atoms with Gasteiger partial charge in [0, 0.05) is 23.5 Å². The van der Waals surface area contributed by atoms with Crippen molar-refractivity contribution in [1.82, 2.24) is 0 Å². The average Bonchev–Trinajstić information content (AvgIpc) is 3.31. The van der Waals surface area contributed by atoms with Gasteiger partial charge >= 0.3 is 0 Å². The van der Waals surface area contributed by atoms with Crippen molar-refractivity contribution in [3.05, 3.63) is 304 Å². The van der Waals surface area contributed by atoms with Crippen molar-refractivity contribution in [2.45, 2.75) is 17.3 Å². The molecule has 1 aliphatic heterocycles. The van der Waals surface area contributed by atoms with Crippen LogP contribution in [0.4, 0.5) is 17.1 Å². The Labute approximate surface area is 342 Å². The van der Waals surface area contributed by atoms with Gasteiger partial charge in [-0.2, -0.15) is 0 Å². The summed E-state index contributed by atoms with van der Waals surface area (Å²) >= 11 is 0. The van der Waals surface area contributed by atoms with Gasteiger partial charge < -0.3 is 4.90 Å². The van der Waals surface area contributed by atoms with Gasteiger partial charge in [0.05, 0.1) is 10.8 Å². The first kappa shape index (κ1) is 35.2. The predicted molar refractivity (Wildman–Crippen MR) is 241 cm³/mol. The minimum absolute atomic E-state index is 0.540. The summed E-state index contributed by atoms with van der Waals surface area (Å²) in [6, 6.07) is 91.4. The van der Waals surface area contributed by atoms with Gasteiger partial charge in [0.1, 0.15) is 0 Å². The smallest absolute Gasteiger partial charge is 0.0701 e. The van der Waals surface area contributed by atoms with E-state index in [0.29, 0.717) is 0 Å². The van der Waals surface area contributed by atoms with Gasteiger partial charge in [0.25, 0.3) is 0 Å². The van der Waals surface area contributed by atoms with Crippen molar-refractivity contribution in [2.24, 2.45) is 0 Å². The summed E-state index contributed by atoms with van der Waals surface area (Å²) in [5, 5.41) is 0. The fourth-order valence-corrected chi connectivity index (χ4v) is 9.68. The molecule has 9 aromatic rings. The molecule has 0 spiro atoms. The number of hydrogen-bond donors (Lipinski definition) is 0. The van der Waals surface area contributed by atoms with Crippen molar-refractivity contribution in [3.8, 4) is 0 Å². The molecule has 0 bridgehead atoms. The molecule has 0 saturated heterocycles. The molecule has 1 aliphatic rings. The van der Waals surface area contributed by atoms with E-state index < -0.39 is 10.8 Å². The van der Waals surface area contributed by atoms with Crippen molar-refractivity contribution in [1.29, 1.82) is 0 Å². The number of fused-ring (bicyclic) bond motifs is 2. The molecular weight excluding hydrogens is 699 g/mol. The third kappa shape index (κ3) is 5.78. The topological polar surface area (TPSA) is 3.24 Å². The van der Waals surface area contributed by atoms with Crippen molar-refractivity contribution in [2.75, 3.05) is 4.90 Å². The quantitative estimate of drug-likeness (QED) is 0.133. The lowest BCUT2D eigenvalue weighted by Crippen LogP contribution is -2.32. The molecule has 0 N–H and O–H groups in total. The summed E-state index contributed by atoms with van der Waals surface area (Å²) in [5.74, 6) is 0. The van der Waals surface area contributed by atoms with Crippen molar-refractivity contribution < 1.29 is 0 Å². The maximum atomic E-state index is 2.49. The summed E-state index contributed by atoms with van der Waals surface area (Å²) in [5.41, 5.74) is 15.0. The minimum atomic E-state index is -0.540. The Morgan fingerprint density at radius 2 is 0.517 bits per heavy atom. The highest BCUT2D eigenvalue weighted by molar-refractivity contribution is 5.85. The fraction of sp³-hybridized carbons (Fsp3) is 0.0526. The van der Waals surface area contributed by atoms with E-state index in [1.165, 1.54) is 67.0 Å². The molecule has 1 heterocycles. The lowest BCUT2D eigenvalue weighted by molar-refractivity contribution is 0.740. The molecule has 0 atom stereocenters. The Hall–Kier alpha value is -7.22. The highest BCUT2D eigenvalue weighted by atomic mass is 15.2. The second-order valence-corrected chi connectivity index (χ2v) is 15.2. The fourth-order valence-electron chi connectivity index (χ4n) is 9.68. The molecule has 10 rings (SSSR count). The van der Waals surface area contributed by atoms with Crippen LogP contribution in [0.1, 0.15) is 55.6 Å². The lowest BCUT2D eigenvalue weighted by atomic mass is 9.64. The van der Waals surface area contributed by atoms with Gasteiger partial charge in [-0.15, -0.1) is 0 Å². The Balaban J connectivity index is 1.23.